The second-order valence-corrected chi connectivity index (χ2v) is 4.02. The van der Waals surface area contributed by atoms with Crippen LogP contribution in [0.15, 0.2) is 42.5 Å². The number of rotatable bonds is 4. The Morgan fingerprint density at radius 1 is 1.10 bits per heavy atom. The first-order valence-corrected chi connectivity index (χ1v) is 5.86. The van der Waals surface area contributed by atoms with E-state index in [1.165, 1.54) is 13.2 Å². The van der Waals surface area contributed by atoms with Crippen molar-refractivity contribution in [2.24, 2.45) is 0 Å². The summed E-state index contributed by atoms with van der Waals surface area (Å²) in [6, 6.07) is 9.92. The third kappa shape index (κ3) is 3.12. The van der Waals surface area contributed by atoms with E-state index in [0.29, 0.717) is 11.3 Å². The molecule has 0 atom stereocenters. The largest absolute Gasteiger partial charge is 0.496 e. The number of halogens is 2. The topological polar surface area (TPSA) is 35.5 Å². The molecule has 104 valence electrons. The van der Waals surface area contributed by atoms with Crippen LogP contribution in [0.2, 0.25) is 0 Å². The summed E-state index contributed by atoms with van der Waals surface area (Å²) >= 11 is 0. The number of esters is 1. The lowest BCUT2D eigenvalue weighted by atomic mass is 10.2. The van der Waals surface area contributed by atoms with Crippen molar-refractivity contribution in [1.29, 1.82) is 0 Å². The molecular weight excluding hydrogens is 266 g/mol. The molecule has 0 unspecified atom stereocenters. The standard InChI is InChI=1S/C15H12F2O3/c1-19-14-5-3-2-4-11(14)9-20-15(18)10-6-7-12(16)13(17)8-10/h2-8H,9H2,1H3. The fraction of sp³-hybridized carbons (Fsp3) is 0.133. The monoisotopic (exact) mass is 278 g/mol. The Morgan fingerprint density at radius 3 is 2.55 bits per heavy atom. The van der Waals surface area contributed by atoms with Gasteiger partial charge in [-0.3, -0.25) is 0 Å². The predicted octanol–water partition coefficient (Wildman–Crippen LogP) is 3.33. The van der Waals surface area contributed by atoms with Gasteiger partial charge in [-0.2, -0.15) is 0 Å². The Hall–Kier alpha value is -2.43. The minimum absolute atomic E-state index is 0.0121. The Kier molecular flexibility index (Phi) is 4.30. The van der Waals surface area contributed by atoms with Crippen molar-refractivity contribution >= 4 is 5.97 Å². The molecule has 2 aromatic carbocycles. The van der Waals surface area contributed by atoms with Crippen LogP contribution in [0.5, 0.6) is 5.75 Å². The molecule has 0 radical (unpaired) electrons. The fourth-order valence-electron chi connectivity index (χ4n) is 1.67. The molecule has 20 heavy (non-hydrogen) atoms. The molecule has 0 heterocycles. The lowest BCUT2D eigenvalue weighted by Gasteiger charge is -2.09. The van der Waals surface area contributed by atoms with Crippen molar-refractivity contribution in [1.82, 2.24) is 0 Å². The average molecular weight is 278 g/mol. The van der Waals surface area contributed by atoms with Gasteiger partial charge in [-0.15, -0.1) is 0 Å². The summed E-state index contributed by atoms with van der Waals surface area (Å²) in [5.74, 6) is -2.23. The van der Waals surface area contributed by atoms with E-state index in [9.17, 15) is 13.6 Å². The van der Waals surface area contributed by atoms with Crippen LogP contribution in [0.4, 0.5) is 8.78 Å². The van der Waals surface area contributed by atoms with Crippen LogP contribution in [-0.4, -0.2) is 13.1 Å². The normalized spacial score (nSPS) is 10.2. The highest BCUT2D eigenvalue weighted by atomic mass is 19.2. The molecule has 2 aromatic rings. The van der Waals surface area contributed by atoms with Gasteiger partial charge in [0.15, 0.2) is 11.6 Å². The van der Waals surface area contributed by atoms with E-state index in [-0.39, 0.29) is 12.2 Å². The summed E-state index contributed by atoms with van der Waals surface area (Å²) in [7, 11) is 1.51. The Bertz CT molecular complexity index is 626. The van der Waals surface area contributed by atoms with Crippen molar-refractivity contribution < 1.29 is 23.0 Å². The number of carbonyl (C=O) groups excluding carboxylic acids is 1. The highest BCUT2D eigenvalue weighted by molar-refractivity contribution is 5.89. The number of hydrogen-bond acceptors (Lipinski definition) is 3. The van der Waals surface area contributed by atoms with Crippen LogP contribution in [0.3, 0.4) is 0 Å². The maximum absolute atomic E-state index is 13.0. The molecule has 2 rings (SSSR count). The fourth-order valence-corrected chi connectivity index (χ4v) is 1.67. The number of methoxy groups -OCH3 is 1. The zero-order valence-electron chi connectivity index (χ0n) is 10.7. The van der Waals surface area contributed by atoms with E-state index < -0.39 is 17.6 Å². The predicted molar refractivity (Wildman–Crippen MR) is 68.5 cm³/mol. The van der Waals surface area contributed by atoms with Gasteiger partial charge < -0.3 is 9.47 Å². The van der Waals surface area contributed by atoms with E-state index in [1.807, 2.05) is 0 Å². The summed E-state index contributed by atoms with van der Waals surface area (Å²) in [6.07, 6.45) is 0. The van der Waals surface area contributed by atoms with Crippen molar-refractivity contribution in [3.05, 3.63) is 65.2 Å². The Labute approximate surface area is 114 Å². The zero-order valence-corrected chi connectivity index (χ0v) is 10.7. The average Bonchev–Trinajstić information content (AvgIpc) is 2.47. The first-order valence-electron chi connectivity index (χ1n) is 5.86. The lowest BCUT2D eigenvalue weighted by Crippen LogP contribution is -2.06. The number of para-hydroxylation sites is 1. The van der Waals surface area contributed by atoms with Gasteiger partial charge in [0.25, 0.3) is 0 Å². The molecule has 0 bridgehead atoms. The van der Waals surface area contributed by atoms with Gasteiger partial charge in [0.05, 0.1) is 12.7 Å². The van der Waals surface area contributed by atoms with E-state index in [4.69, 9.17) is 9.47 Å². The third-order valence-corrected chi connectivity index (χ3v) is 2.71. The maximum atomic E-state index is 13.0. The Morgan fingerprint density at radius 2 is 1.85 bits per heavy atom. The zero-order chi connectivity index (χ0) is 14.5. The summed E-state index contributed by atoms with van der Waals surface area (Å²) in [5, 5.41) is 0. The summed E-state index contributed by atoms with van der Waals surface area (Å²) in [4.78, 5) is 11.7. The van der Waals surface area contributed by atoms with Crippen molar-refractivity contribution in [2.45, 2.75) is 6.61 Å². The quantitative estimate of drug-likeness (QED) is 0.805. The minimum Gasteiger partial charge on any atom is -0.496 e. The van der Waals surface area contributed by atoms with Gasteiger partial charge in [-0.1, -0.05) is 18.2 Å². The van der Waals surface area contributed by atoms with Crippen molar-refractivity contribution in [3.8, 4) is 5.75 Å². The number of carbonyl (C=O) groups is 1. The molecule has 0 aliphatic carbocycles. The molecule has 0 N–H and O–H groups in total. The summed E-state index contributed by atoms with van der Waals surface area (Å²) in [5.41, 5.74) is 0.643. The van der Waals surface area contributed by atoms with E-state index in [2.05, 4.69) is 0 Å². The van der Waals surface area contributed by atoms with Gasteiger partial charge in [0.2, 0.25) is 0 Å². The van der Waals surface area contributed by atoms with Gasteiger partial charge in [-0.05, 0) is 24.3 Å². The molecule has 0 aliphatic heterocycles. The molecule has 0 spiro atoms. The number of hydrogen-bond donors (Lipinski definition) is 0. The summed E-state index contributed by atoms with van der Waals surface area (Å²) < 4.78 is 35.9. The Balaban J connectivity index is 2.06. The van der Waals surface area contributed by atoms with Crippen LogP contribution in [0, 0.1) is 11.6 Å². The second kappa shape index (κ2) is 6.14. The molecule has 5 heteroatoms. The number of benzene rings is 2. The SMILES string of the molecule is COc1ccccc1COC(=O)c1ccc(F)c(F)c1. The minimum atomic E-state index is -1.09. The molecule has 3 nitrogen and oxygen atoms in total. The third-order valence-electron chi connectivity index (χ3n) is 2.71. The van der Waals surface area contributed by atoms with Crippen LogP contribution in [0.1, 0.15) is 15.9 Å². The molecule has 0 fully saturated rings. The number of ether oxygens (including phenoxy) is 2. The smallest absolute Gasteiger partial charge is 0.338 e. The van der Waals surface area contributed by atoms with Gasteiger partial charge >= 0.3 is 5.97 Å². The maximum Gasteiger partial charge on any atom is 0.338 e. The molecule has 0 aromatic heterocycles. The highest BCUT2D eigenvalue weighted by Gasteiger charge is 2.12. The van der Waals surface area contributed by atoms with Gasteiger partial charge in [-0.25, -0.2) is 13.6 Å². The van der Waals surface area contributed by atoms with Crippen molar-refractivity contribution in [3.63, 3.8) is 0 Å². The van der Waals surface area contributed by atoms with Gasteiger partial charge in [0.1, 0.15) is 12.4 Å². The van der Waals surface area contributed by atoms with Crippen LogP contribution >= 0.6 is 0 Å². The van der Waals surface area contributed by atoms with Crippen LogP contribution < -0.4 is 4.74 Å². The molecule has 0 saturated heterocycles. The first kappa shape index (κ1) is 14.0. The van der Waals surface area contributed by atoms with Crippen LogP contribution in [-0.2, 0) is 11.3 Å². The second-order valence-electron chi connectivity index (χ2n) is 4.02. The molecule has 0 aliphatic rings. The first-order chi connectivity index (χ1) is 9.61. The van der Waals surface area contributed by atoms with Gasteiger partial charge in [0, 0.05) is 5.56 Å². The highest BCUT2D eigenvalue weighted by Crippen LogP contribution is 2.19. The molecule has 0 amide bonds. The van der Waals surface area contributed by atoms with Crippen LogP contribution in [0.25, 0.3) is 0 Å². The van der Waals surface area contributed by atoms with E-state index >= 15 is 0 Å². The molecular formula is C15H12F2O3. The van der Waals surface area contributed by atoms with E-state index in [0.717, 1.165) is 12.1 Å². The summed E-state index contributed by atoms with van der Waals surface area (Å²) in [6.45, 7) is -0.0121. The van der Waals surface area contributed by atoms with E-state index in [1.54, 1.807) is 24.3 Å². The molecule has 0 saturated carbocycles. The van der Waals surface area contributed by atoms with Crippen molar-refractivity contribution in [2.75, 3.05) is 7.11 Å². The lowest BCUT2D eigenvalue weighted by molar-refractivity contribution is 0.0469.